The van der Waals surface area contributed by atoms with E-state index in [1.807, 2.05) is 18.2 Å². The molecule has 1 saturated carbocycles. The van der Waals surface area contributed by atoms with E-state index in [1.54, 1.807) is 0 Å². The average molecular weight is 351 g/mol. The number of rotatable bonds is 5. The second kappa shape index (κ2) is 7.57. The predicted octanol–water partition coefficient (Wildman–Crippen LogP) is 1.23. The minimum Gasteiger partial charge on any atom is -0.454 e. The number of ether oxygens (including phenoxy) is 2. The van der Waals surface area contributed by atoms with Crippen molar-refractivity contribution in [3.8, 4) is 11.5 Å². The van der Waals surface area contributed by atoms with Crippen molar-refractivity contribution in [1.82, 2.24) is 10.6 Å². The Morgan fingerprint density at radius 1 is 1.12 bits per heavy atom. The molecule has 0 amide bonds. The molecular weight excluding hydrogens is 322 g/mol. The summed E-state index contributed by atoms with van der Waals surface area (Å²) in [6.07, 6.45) is 6.55. The molecular formula is C18H28N3O2S+. The molecule has 0 unspecified atom stereocenters. The van der Waals surface area contributed by atoms with Gasteiger partial charge in [-0.05, 0) is 42.8 Å². The van der Waals surface area contributed by atoms with Gasteiger partial charge >= 0.3 is 0 Å². The second-order valence-corrected chi connectivity index (χ2v) is 7.47. The number of benzene rings is 1. The van der Waals surface area contributed by atoms with Crippen LogP contribution in [0.4, 0.5) is 0 Å². The highest BCUT2D eigenvalue weighted by Crippen LogP contribution is 2.32. The molecule has 3 N–H and O–H groups in total. The fraction of sp³-hybridized carbons (Fsp3) is 0.611. The van der Waals surface area contributed by atoms with Crippen LogP contribution in [0.25, 0.3) is 0 Å². The number of hydrogen-bond donors (Lipinski definition) is 3. The molecule has 2 aliphatic rings. The normalized spacial score (nSPS) is 18.5. The Hall–Kier alpha value is -1.53. The van der Waals surface area contributed by atoms with E-state index in [4.69, 9.17) is 21.7 Å². The van der Waals surface area contributed by atoms with Crippen molar-refractivity contribution in [2.45, 2.75) is 44.2 Å². The SMILES string of the molecule is C[NH+](C)C1(CNC(=S)NCc2ccc3c(c2)OCO3)CCCCC1. The molecule has 1 aliphatic heterocycles. The van der Waals surface area contributed by atoms with Crippen LogP contribution in [0.1, 0.15) is 37.7 Å². The van der Waals surface area contributed by atoms with Gasteiger partial charge in [0.2, 0.25) is 6.79 Å². The van der Waals surface area contributed by atoms with Crippen LogP contribution in [0, 0.1) is 0 Å². The van der Waals surface area contributed by atoms with Crippen LogP contribution in [0.2, 0.25) is 0 Å². The zero-order chi connectivity index (χ0) is 17.0. The summed E-state index contributed by atoms with van der Waals surface area (Å²) >= 11 is 5.47. The number of quaternary nitrogens is 1. The fourth-order valence-electron chi connectivity index (χ4n) is 3.63. The van der Waals surface area contributed by atoms with Gasteiger partial charge in [0.1, 0.15) is 5.54 Å². The van der Waals surface area contributed by atoms with E-state index in [2.05, 4.69) is 24.7 Å². The molecule has 1 aromatic carbocycles. The Balaban J connectivity index is 1.48. The first-order chi connectivity index (χ1) is 11.6. The van der Waals surface area contributed by atoms with Crippen molar-refractivity contribution in [3.05, 3.63) is 23.8 Å². The lowest BCUT2D eigenvalue weighted by atomic mass is 9.80. The Kier molecular flexibility index (Phi) is 5.46. The smallest absolute Gasteiger partial charge is 0.231 e. The van der Waals surface area contributed by atoms with E-state index in [-0.39, 0.29) is 0 Å². The van der Waals surface area contributed by atoms with E-state index >= 15 is 0 Å². The van der Waals surface area contributed by atoms with Gasteiger partial charge in [0.05, 0.1) is 20.6 Å². The van der Waals surface area contributed by atoms with Gasteiger partial charge in [-0.15, -0.1) is 0 Å². The van der Waals surface area contributed by atoms with Gasteiger partial charge in [-0.2, -0.15) is 0 Å². The van der Waals surface area contributed by atoms with Gasteiger partial charge < -0.3 is 25.0 Å². The maximum Gasteiger partial charge on any atom is 0.231 e. The second-order valence-electron chi connectivity index (χ2n) is 7.06. The van der Waals surface area contributed by atoms with Crippen LogP contribution >= 0.6 is 12.2 Å². The van der Waals surface area contributed by atoms with Gasteiger partial charge in [0, 0.05) is 19.4 Å². The lowest BCUT2D eigenvalue weighted by Gasteiger charge is -2.40. The molecule has 5 nitrogen and oxygen atoms in total. The molecule has 0 bridgehead atoms. The van der Waals surface area contributed by atoms with E-state index in [1.165, 1.54) is 37.0 Å². The molecule has 132 valence electrons. The number of likely N-dealkylation sites (N-methyl/N-ethyl adjacent to an activating group) is 1. The summed E-state index contributed by atoms with van der Waals surface area (Å²) in [6.45, 7) is 1.92. The van der Waals surface area contributed by atoms with Crippen LogP contribution in [-0.2, 0) is 6.54 Å². The summed E-state index contributed by atoms with van der Waals surface area (Å²) in [7, 11) is 4.52. The van der Waals surface area contributed by atoms with Gasteiger partial charge in [0.15, 0.2) is 16.6 Å². The van der Waals surface area contributed by atoms with Gasteiger partial charge in [-0.1, -0.05) is 12.5 Å². The lowest BCUT2D eigenvalue weighted by Crippen LogP contribution is -3.16. The topological polar surface area (TPSA) is 47.0 Å². The molecule has 24 heavy (non-hydrogen) atoms. The molecule has 1 heterocycles. The molecule has 1 fully saturated rings. The molecule has 0 spiro atoms. The van der Waals surface area contributed by atoms with E-state index < -0.39 is 0 Å². The van der Waals surface area contributed by atoms with Crippen LogP contribution in [0.5, 0.6) is 11.5 Å². The lowest BCUT2D eigenvalue weighted by molar-refractivity contribution is -0.916. The maximum absolute atomic E-state index is 5.47. The van der Waals surface area contributed by atoms with Crippen molar-refractivity contribution < 1.29 is 14.4 Å². The van der Waals surface area contributed by atoms with Crippen LogP contribution < -0.4 is 25.0 Å². The highest BCUT2D eigenvalue weighted by Gasteiger charge is 2.37. The minimum absolute atomic E-state index is 0.307. The molecule has 0 radical (unpaired) electrons. The molecule has 3 rings (SSSR count). The summed E-state index contributed by atoms with van der Waals surface area (Å²) in [5.41, 5.74) is 1.44. The zero-order valence-electron chi connectivity index (χ0n) is 14.6. The third kappa shape index (κ3) is 3.92. The van der Waals surface area contributed by atoms with Crippen molar-refractivity contribution >= 4 is 17.3 Å². The first kappa shape index (κ1) is 17.3. The Labute approximate surface area is 149 Å². The third-order valence-corrected chi connectivity index (χ3v) is 5.64. The predicted molar refractivity (Wildman–Crippen MR) is 98.6 cm³/mol. The highest BCUT2D eigenvalue weighted by atomic mass is 32.1. The average Bonchev–Trinajstić information content (AvgIpc) is 3.06. The molecule has 0 aromatic heterocycles. The summed E-state index contributed by atoms with van der Waals surface area (Å²) < 4.78 is 10.7. The number of thiocarbonyl (C=S) groups is 1. The summed E-state index contributed by atoms with van der Waals surface area (Å²) in [6, 6.07) is 5.99. The highest BCUT2D eigenvalue weighted by molar-refractivity contribution is 7.80. The van der Waals surface area contributed by atoms with Crippen LogP contribution in [-0.4, -0.2) is 38.1 Å². The molecule has 0 saturated heterocycles. The summed E-state index contributed by atoms with van der Waals surface area (Å²) in [5, 5.41) is 7.46. The van der Waals surface area contributed by atoms with Crippen molar-refractivity contribution in [1.29, 1.82) is 0 Å². The van der Waals surface area contributed by atoms with Crippen LogP contribution in [0.15, 0.2) is 18.2 Å². The van der Waals surface area contributed by atoms with Crippen molar-refractivity contribution in [2.24, 2.45) is 0 Å². The number of fused-ring (bicyclic) bond motifs is 1. The summed E-state index contributed by atoms with van der Waals surface area (Å²) in [4.78, 5) is 1.52. The monoisotopic (exact) mass is 350 g/mol. The first-order valence-electron chi connectivity index (χ1n) is 8.80. The molecule has 1 aromatic rings. The largest absolute Gasteiger partial charge is 0.454 e. The summed E-state index contributed by atoms with van der Waals surface area (Å²) in [5.74, 6) is 1.62. The third-order valence-electron chi connectivity index (χ3n) is 5.35. The van der Waals surface area contributed by atoms with Crippen LogP contribution in [0.3, 0.4) is 0 Å². The standard InChI is InChI=1S/C18H27N3O2S/c1-21(2)18(8-4-3-5-9-18)12-20-17(24)19-11-14-6-7-15-16(10-14)23-13-22-15/h6-7,10H,3-5,8-9,11-13H2,1-2H3,(H2,19,20,24)/p+1. The molecule has 6 heteroatoms. The van der Waals surface area contributed by atoms with Gasteiger partial charge in [0.25, 0.3) is 0 Å². The van der Waals surface area contributed by atoms with E-state index in [0.717, 1.165) is 28.7 Å². The van der Waals surface area contributed by atoms with Crippen molar-refractivity contribution in [2.75, 3.05) is 27.4 Å². The first-order valence-corrected chi connectivity index (χ1v) is 9.21. The molecule has 0 atom stereocenters. The minimum atomic E-state index is 0.307. The Bertz CT molecular complexity index is 586. The van der Waals surface area contributed by atoms with E-state index in [9.17, 15) is 0 Å². The van der Waals surface area contributed by atoms with Gasteiger partial charge in [-0.3, -0.25) is 0 Å². The Morgan fingerprint density at radius 2 is 1.88 bits per heavy atom. The maximum atomic E-state index is 5.47. The molecule has 1 aliphatic carbocycles. The Morgan fingerprint density at radius 3 is 2.62 bits per heavy atom. The van der Waals surface area contributed by atoms with Crippen molar-refractivity contribution in [3.63, 3.8) is 0 Å². The van der Waals surface area contributed by atoms with Gasteiger partial charge in [-0.25, -0.2) is 0 Å². The number of nitrogens with one attached hydrogen (secondary N) is 3. The quantitative estimate of drug-likeness (QED) is 0.697. The fourth-order valence-corrected chi connectivity index (χ4v) is 3.77. The number of hydrogen-bond acceptors (Lipinski definition) is 3. The van der Waals surface area contributed by atoms with E-state index in [0.29, 0.717) is 18.9 Å². The zero-order valence-corrected chi connectivity index (χ0v) is 15.4.